The molecule has 204 valence electrons. The molecule has 0 aliphatic rings. The number of nitrogens with one attached hydrogen (secondary N) is 1. The van der Waals surface area contributed by atoms with Gasteiger partial charge in [0.1, 0.15) is 28.7 Å². The average Bonchev–Trinajstić information content (AvgIpc) is 3.42. The van der Waals surface area contributed by atoms with E-state index in [9.17, 15) is 17.2 Å². The number of fused-ring (bicyclic) bond motifs is 1. The fraction of sp³-hybridized carbons (Fsp3) is 0.200. The smallest absolute Gasteiger partial charge is 0.261 e. The number of rotatable bonds is 5. The number of nitrogens with zero attached hydrogens (tertiary/aromatic N) is 5. The lowest BCUT2D eigenvalue weighted by Gasteiger charge is -2.06. The number of H-pyrrole nitrogens is 1. The second-order valence-electron chi connectivity index (χ2n) is 8.97. The lowest BCUT2D eigenvalue weighted by atomic mass is 10.1. The second-order valence-corrected chi connectivity index (χ2v) is 11.2. The highest BCUT2D eigenvalue weighted by molar-refractivity contribution is 7.85. The number of hydrogen-bond donors (Lipinski definition) is 2. The van der Waals surface area contributed by atoms with Crippen LogP contribution in [0.3, 0.4) is 0 Å². The summed E-state index contributed by atoms with van der Waals surface area (Å²) in [5.74, 6) is -0.757. The number of aromatic amines is 1. The molecule has 0 unspecified atom stereocenters. The van der Waals surface area contributed by atoms with Crippen molar-refractivity contribution in [3.63, 3.8) is 0 Å². The van der Waals surface area contributed by atoms with Crippen LogP contribution in [-0.4, -0.2) is 49.2 Å². The van der Waals surface area contributed by atoms with Gasteiger partial charge in [0.2, 0.25) is 0 Å². The first-order valence-corrected chi connectivity index (χ1v) is 14.0. The topological polar surface area (TPSA) is 127 Å². The summed E-state index contributed by atoms with van der Waals surface area (Å²) in [6.07, 6.45) is 0.715. The zero-order valence-electron chi connectivity index (χ0n) is 20.8. The van der Waals surface area contributed by atoms with Crippen LogP contribution < -0.4 is 0 Å². The molecular formula is C25H22Cl2F2N6O3S. The molecule has 2 N–H and O–H groups in total. The Hall–Kier alpha value is -3.45. The molecule has 5 aromatic rings. The summed E-state index contributed by atoms with van der Waals surface area (Å²) in [5.41, 5.74) is 2.95. The average molecular weight is 595 g/mol. The van der Waals surface area contributed by atoms with Gasteiger partial charge in [0.25, 0.3) is 10.1 Å². The van der Waals surface area contributed by atoms with E-state index in [-0.39, 0.29) is 5.56 Å². The highest BCUT2D eigenvalue weighted by Crippen LogP contribution is 2.38. The molecule has 0 spiro atoms. The zero-order chi connectivity index (χ0) is 28.5. The fourth-order valence-electron chi connectivity index (χ4n) is 3.74. The van der Waals surface area contributed by atoms with E-state index >= 15 is 0 Å². The highest BCUT2D eigenvalue weighted by Gasteiger charge is 2.22. The molecule has 0 saturated heterocycles. The van der Waals surface area contributed by atoms with E-state index in [1.807, 2.05) is 0 Å². The summed E-state index contributed by atoms with van der Waals surface area (Å²) in [4.78, 5) is 12.6. The number of aromatic nitrogens is 6. The summed E-state index contributed by atoms with van der Waals surface area (Å²) < 4.78 is 56.0. The van der Waals surface area contributed by atoms with Gasteiger partial charge in [-0.3, -0.25) is 4.55 Å². The van der Waals surface area contributed by atoms with Crippen LogP contribution in [0.25, 0.3) is 45.2 Å². The molecule has 0 aliphatic heterocycles. The van der Waals surface area contributed by atoms with Gasteiger partial charge >= 0.3 is 0 Å². The quantitative estimate of drug-likeness (QED) is 0.229. The highest BCUT2D eigenvalue weighted by atomic mass is 35.5. The number of halogens is 4. The van der Waals surface area contributed by atoms with Crippen molar-refractivity contribution in [2.45, 2.75) is 20.4 Å². The largest absolute Gasteiger partial charge is 0.337 e. The second kappa shape index (κ2) is 11.3. The molecule has 0 bridgehead atoms. The zero-order valence-corrected chi connectivity index (χ0v) is 23.2. The Bertz CT molecular complexity index is 1750. The molecule has 0 amide bonds. The maximum Gasteiger partial charge on any atom is 0.261 e. The molecule has 2 aromatic carbocycles. The van der Waals surface area contributed by atoms with Crippen molar-refractivity contribution in [2.75, 3.05) is 6.26 Å². The van der Waals surface area contributed by atoms with Crippen molar-refractivity contribution in [3.05, 3.63) is 70.2 Å². The molecule has 3 aromatic heterocycles. The van der Waals surface area contributed by atoms with Crippen molar-refractivity contribution < 1.29 is 21.8 Å². The maximum atomic E-state index is 14.8. The Labute approximate surface area is 232 Å². The van der Waals surface area contributed by atoms with E-state index in [4.69, 9.17) is 37.7 Å². The van der Waals surface area contributed by atoms with Crippen molar-refractivity contribution >= 4 is 44.5 Å². The van der Waals surface area contributed by atoms with E-state index in [2.05, 4.69) is 29.1 Å². The number of imidazole rings is 1. The minimum absolute atomic E-state index is 0.133. The summed E-state index contributed by atoms with van der Waals surface area (Å²) in [7, 11) is -3.67. The minimum Gasteiger partial charge on any atom is -0.337 e. The molecule has 9 nitrogen and oxygen atoms in total. The Morgan fingerprint density at radius 1 is 1.05 bits per heavy atom. The van der Waals surface area contributed by atoms with Gasteiger partial charge in [-0.25, -0.2) is 23.4 Å². The van der Waals surface area contributed by atoms with Crippen LogP contribution in [0.5, 0.6) is 0 Å². The number of pyridine rings is 1. The van der Waals surface area contributed by atoms with E-state index in [1.165, 1.54) is 12.1 Å². The minimum atomic E-state index is -3.67. The van der Waals surface area contributed by atoms with Crippen molar-refractivity contribution in [1.29, 1.82) is 0 Å². The van der Waals surface area contributed by atoms with Gasteiger partial charge in [-0.2, -0.15) is 8.42 Å². The van der Waals surface area contributed by atoms with E-state index in [1.54, 1.807) is 35.0 Å². The van der Waals surface area contributed by atoms with Gasteiger partial charge in [0.05, 0.1) is 33.3 Å². The molecule has 0 saturated carbocycles. The van der Waals surface area contributed by atoms with Gasteiger partial charge in [0, 0.05) is 18.2 Å². The Balaban J connectivity index is 0.000000648. The van der Waals surface area contributed by atoms with Crippen LogP contribution >= 0.6 is 23.2 Å². The fourth-order valence-corrected chi connectivity index (χ4v) is 4.32. The molecule has 0 fully saturated rings. The van der Waals surface area contributed by atoms with Crippen molar-refractivity contribution in [2.24, 2.45) is 5.92 Å². The van der Waals surface area contributed by atoms with Crippen LogP contribution in [0.4, 0.5) is 8.78 Å². The van der Waals surface area contributed by atoms with Crippen LogP contribution in [0.15, 0.2) is 48.5 Å². The summed E-state index contributed by atoms with van der Waals surface area (Å²) in [5, 5.41) is 9.12. The predicted molar refractivity (Wildman–Crippen MR) is 146 cm³/mol. The lowest BCUT2D eigenvalue weighted by Crippen LogP contribution is -2.07. The van der Waals surface area contributed by atoms with E-state index < -0.39 is 21.8 Å². The summed E-state index contributed by atoms with van der Waals surface area (Å²) >= 11 is 12.8. The lowest BCUT2D eigenvalue weighted by molar-refractivity contribution is 0.480. The number of hydrogen-bond acceptors (Lipinski definition) is 6. The van der Waals surface area contributed by atoms with Crippen molar-refractivity contribution in [3.8, 4) is 34.0 Å². The number of benzene rings is 2. The summed E-state index contributed by atoms with van der Waals surface area (Å²) in [6.45, 7) is 4.77. The van der Waals surface area contributed by atoms with Gasteiger partial charge < -0.3 is 4.98 Å². The van der Waals surface area contributed by atoms with Crippen LogP contribution in [-0.2, 0) is 16.7 Å². The maximum absolute atomic E-state index is 14.8. The normalized spacial score (nSPS) is 11.6. The molecule has 5 rings (SSSR count). The molecule has 3 heterocycles. The molecule has 0 aliphatic carbocycles. The first kappa shape index (κ1) is 28.6. The SMILES string of the molecule is CC(C)Cn1nnc2ccc(-c3nc(-c4c(Cl)cccc4Cl)[nH]c3-c3ccc(F)cc3F)nc21.CS(=O)(=O)O. The molecule has 39 heavy (non-hydrogen) atoms. The monoisotopic (exact) mass is 594 g/mol. The molecule has 0 atom stereocenters. The van der Waals surface area contributed by atoms with Gasteiger partial charge in [-0.05, 0) is 42.3 Å². The third-order valence-corrected chi connectivity index (χ3v) is 5.87. The molecule has 0 radical (unpaired) electrons. The molecular weight excluding hydrogens is 573 g/mol. The van der Waals surface area contributed by atoms with Crippen LogP contribution in [0.1, 0.15) is 13.8 Å². The Morgan fingerprint density at radius 3 is 2.33 bits per heavy atom. The predicted octanol–water partition coefficient (Wildman–Crippen LogP) is 6.30. The van der Waals surface area contributed by atoms with Crippen molar-refractivity contribution in [1.82, 2.24) is 29.9 Å². The third kappa shape index (κ3) is 6.77. The standard InChI is InChI=1S/C24H18Cl2F2N6.CH4O3S/c1-12(2)11-34-24-19(32-33-34)9-8-18(29-24)22-21(14-7-6-13(27)10-17(14)28)30-23(31-22)20-15(25)4-3-5-16(20)26;1-5(2,3)4/h3-10,12H,11H2,1-2H3,(H,30,31);1H3,(H,2,3,4). The van der Waals surface area contributed by atoms with Gasteiger partial charge in [-0.1, -0.05) is 48.3 Å². The van der Waals surface area contributed by atoms with Crippen LogP contribution in [0, 0.1) is 17.6 Å². The first-order valence-electron chi connectivity index (χ1n) is 11.4. The van der Waals surface area contributed by atoms with Crippen LogP contribution in [0.2, 0.25) is 10.0 Å². The first-order chi connectivity index (χ1) is 18.3. The molecule has 14 heteroatoms. The Morgan fingerprint density at radius 2 is 1.72 bits per heavy atom. The van der Waals surface area contributed by atoms with Gasteiger partial charge in [-0.15, -0.1) is 5.10 Å². The summed E-state index contributed by atoms with van der Waals surface area (Å²) in [6, 6.07) is 12.0. The Kier molecular flexibility index (Phi) is 8.31. The van der Waals surface area contributed by atoms with E-state index in [0.717, 1.165) is 6.07 Å². The van der Waals surface area contributed by atoms with Gasteiger partial charge in [0.15, 0.2) is 5.65 Å². The third-order valence-electron chi connectivity index (χ3n) is 5.24. The van der Waals surface area contributed by atoms with E-state index in [0.29, 0.717) is 68.4 Å².